The molecule has 0 rings (SSSR count). The molecule has 0 radical (unpaired) electrons. The molecular formula is C19H34N4O7S. The summed E-state index contributed by atoms with van der Waals surface area (Å²) < 4.78 is 0. The fraction of sp³-hybridized carbons (Fsp3) is 0.737. The van der Waals surface area contributed by atoms with Gasteiger partial charge in [-0.3, -0.25) is 19.2 Å². The van der Waals surface area contributed by atoms with E-state index in [0.29, 0.717) is 12.8 Å². The molecule has 0 aromatic rings. The van der Waals surface area contributed by atoms with E-state index in [1.54, 1.807) is 6.92 Å². The zero-order valence-electron chi connectivity index (χ0n) is 18.3. The molecule has 7 N–H and O–H groups in total. The first-order valence-electron chi connectivity index (χ1n) is 10.1. The number of aliphatic carboxylic acids is 2. The lowest BCUT2D eigenvalue weighted by Gasteiger charge is -2.28. The summed E-state index contributed by atoms with van der Waals surface area (Å²) in [6.45, 7) is 7.29. The van der Waals surface area contributed by atoms with Gasteiger partial charge in [-0.05, 0) is 11.8 Å². The molecule has 12 heteroatoms. The number of carbonyl (C=O) groups is 5. The van der Waals surface area contributed by atoms with Crippen molar-refractivity contribution in [1.82, 2.24) is 16.0 Å². The zero-order valence-corrected chi connectivity index (χ0v) is 19.1. The monoisotopic (exact) mass is 462 g/mol. The van der Waals surface area contributed by atoms with E-state index >= 15 is 0 Å². The number of hydrogen-bond acceptors (Lipinski definition) is 7. The van der Waals surface area contributed by atoms with Crippen LogP contribution in [0.15, 0.2) is 0 Å². The van der Waals surface area contributed by atoms with Gasteiger partial charge in [0.1, 0.15) is 18.1 Å². The van der Waals surface area contributed by atoms with Gasteiger partial charge in [-0.15, -0.1) is 0 Å². The molecule has 0 saturated heterocycles. The maximum absolute atomic E-state index is 12.8. The van der Waals surface area contributed by atoms with Crippen molar-refractivity contribution < 1.29 is 34.2 Å². The SMILES string of the molecule is CCC(C)C(N)C(=O)NC(C(=O)NC(CS)C(=O)NC(CC(=O)O)C(=O)O)C(C)CC. The molecule has 0 heterocycles. The number of carboxylic acid groups (broad SMARTS) is 2. The minimum atomic E-state index is -1.66. The molecule has 11 nitrogen and oxygen atoms in total. The number of nitrogens with one attached hydrogen (secondary N) is 3. The second-order valence-corrected chi connectivity index (χ2v) is 7.89. The first-order chi connectivity index (χ1) is 14.4. The Morgan fingerprint density at radius 2 is 1.35 bits per heavy atom. The van der Waals surface area contributed by atoms with Crippen LogP contribution in [-0.2, 0) is 24.0 Å². The van der Waals surface area contributed by atoms with E-state index in [4.69, 9.17) is 15.9 Å². The molecule has 6 unspecified atom stereocenters. The Morgan fingerprint density at radius 1 is 0.839 bits per heavy atom. The van der Waals surface area contributed by atoms with Gasteiger partial charge in [-0.1, -0.05) is 40.5 Å². The molecule has 6 atom stereocenters. The predicted molar refractivity (Wildman–Crippen MR) is 116 cm³/mol. The number of rotatable bonds is 14. The third-order valence-corrected chi connectivity index (χ3v) is 5.53. The average molecular weight is 463 g/mol. The second kappa shape index (κ2) is 13.9. The Kier molecular flexibility index (Phi) is 12.8. The van der Waals surface area contributed by atoms with E-state index < -0.39 is 60.2 Å². The highest BCUT2D eigenvalue weighted by Crippen LogP contribution is 2.11. The number of hydrogen-bond donors (Lipinski definition) is 7. The van der Waals surface area contributed by atoms with Gasteiger partial charge in [0, 0.05) is 5.75 Å². The highest BCUT2D eigenvalue weighted by Gasteiger charge is 2.33. The quantitative estimate of drug-likeness (QED) is 0.166. The number of carboxylic acids is 2. The summed E-state index contributed by atoms with van der Waals surface area (Å²) in [5.41, 5.74) is 5.94. The highest BCUT2D eigenvalue weighted by atomic mass is 32.1. The summed E-state index contributed by atoms with van der Waals surface area (Å²) in [4.78, 5) is 59.6. The van der Waals surface area contributed by atoms with Gasteiger partial charge < -0.3 is 31.9 Å². The van der Waals surface area contributed by atoms with Crippen molar-refractivity contribution in [3.05, 3.63) is 0 Å². The maximum atomic E-state index is 12.8. The highest BCUT2D eigenvalue weighted by molar-refractivity contribution is 7.80. The minimum Gasteiger partial charge on any atom is -0.481 e. The van der Waals surface area contributed by atoms with Crippen LogP contribution in [0.3, 0.4) is 0 Å². The van der Waals surface area contributed by atoms with Crippen LogP contribution in [-0.4, -0.2) is 69.8 Å². The second-order valence-electron chi connectivity index (χ2n) is 7.52. The van der Waals surface area contributed by atoms with Crippen LogP contribution in [0, 0.1) is 11.8 Å². The fourth-order valence-electron chi connectivity index (χ4n) is 2.57. The van der Waals surface area contributed by atoms with Crippen LogP contribution in [0.4, 0.5) is 0 Å². The summed E-state index contributed by atoms with van der Waals surface area (Å²) in [7, 11) is 0. The third-order valence-electron chi connectivity index (χ3n) is 5.16. The van der Waals surface area contributed by atoms with E-state index in [1.807, 2.05) is 20.8 Å². The molecule has 0 aliphatic carbocycles. The standard InChI is InChI=1S/C19H34N4O7S/c1-5-9(3)14(20)17(27)23-15(10(4)6-2)18(28)22-12(8-31)16(26)21-11(19(29)30)7-13(24)25/h9-12,14-15,31H,5-8,20H2,1-4H3,(H,21,26)(H,22,28)(H,23,27)(H,24,25)(H,29,30). The van der Waals surface area contributed by atoms with E-state index in [9.17, 15) is 24.0 Å². The summed E-state index contributed by atoms with van der Waals surface area (Å²) >= 11 is 4.01. The Morgan fingerprint density at radius 3 is 1.77 bits per heavy atom. The van der Waals surface area contributed by atoms with Crippen LogP contribution in [0.25, 0.3) is 0 Å². The predicted octanol–water partition coefficient (Wildman–Crippen LogP) is -0.651. The van der Waals surface area contributed by atoms with Crippen molar-refractivity contribution in [2.45, 2.75) is 71.1 Å². The van der Waals surface area contributed by atoms with E-state index in [1.165, 1.54) is 0 Å². The van der Waals surface area contributed by atoms with Gasteiger partial charge in [-0.25, -0.2) is 4.79 Å². The molecule has 0 aliphatic heterocycles. The maximum Gasteiger partial charge on any atom is 0.326 e. The summed E-state index contributed by atoms with van der Waals surface area (Å²) in [6.07, 6.45) is 0.402. The van der Waals surface area contributed by atoms with Gasteiger partial charge in [-0.2, -0.15) is 12.6 Å². The van der Waals surface area contributed by atoms with E-state index in [-0.39, 0.29) is 17.6 Å². The Hall–Kier alpha value is -2.34. The molecule has 0 spiro atoms. The first kappa shape index (κ1) is 28.7. The van der Waals surface area contributed by atoms with Crippen molar-refractivity contribution in [1.29, 1.82) is 0 Å². The molecule has 0 saturated carbocycles. The van der Waals surface area contributed by atoms with Crippen molar-refractivity contribution in [2.75, 3.05) is 5.75 Å². The summed E-state index contributed by atoms with van der Waals surface area (Å²) in [5.74, 6) is -5.53. The summed E-state index contributed by atoms with van der Waals surface area (Å²) in [5, 5.41) is 25.0. The van der Waals surface area contributed by atoms with Gasteiger partial charge in [0.25, 0.3) is 0 Å². The van der Waals surface area contributed by atoms with Gasteiger partial charge >= 0.3 is 11.9 Å². The fourth-order valence-corrected chi connectivity index (χ4v) is 2.82. The Bertz CT molecular complexity index is 661. The number of thiol groups is 1. The lowest BCUT2D eigenvalue weighted by molar-refractivity contribution is -0.147. The van der Waals surface area contributed by atoms with Gasteiger partial charge in [0.15, 0.2) is 0 Å². The number of amides is 3. The van der Waals surface area contributed by atoms with E-state index in [0.717, 1.165) is 0 Å². The molecule has 178 valence electrons. The van der Waals surface area contributed by atoms with Crippen LogP contribution in [0.5, 0.6) is 0 Å². The first-order valence-corrected chi connectivity index (χ1v) is 10.7. The molecular weight excluding hydrogens is 428 g/mol. The van der Waals surface area contributed by atoms with Gasteiger partial charge in [0.2, 0.25) is 17.7 Å². The van der Waals surface area contributed by atoms with E-state index in [2.05, 4.69) is 28.6 Å². The Balaban J connectivity index is 5.35. The molecule has 0 aromatic heterocycles. The number of carbonyl (C=O) groups excluding carboxylic acids is 3. The number of nitrogens with two attached hydrogens (primary N) is 1. The topological polar surface area (TPSA) is 188 Å². The van der Waals surface area contributed by atoms with Crippen molar-refractivity contribution in [2.24, 2.45) is 17.6 Å². The molecule has 0 bridgehead atoms. The molecule has 0 fully saturated rings. The lowest BCUT2D eigenvalue weighted by Crippen LogP contribution is -2.59. The zero-order chi connectivity index (χ0) is 24.3. The van der Waals surface area contributed by atoms with Crippen molar-refractivity contribution in [3.63, 3.8) is 0 Å². The third kappa shape index (κ3) is 9.55. The largest absolute Gasteiger partial charge is 0.481 e. The van der Waals surface area contributed by atoms with Crippen molar-refractivity contribution in [3.8, 4) is 0 Å². The van der Waals surface area contributed by atoms with Crippen molar-refractivity contribution >= 4 is 42.3 Å². The van der Waals surface area contributed by atoms with Gasteiger partial charge in [0.05, 0.1) is 12.5 Å². The molecule has 3 amide bonds. The minimum absolute atomic E-state index is 0.0983. The van der Waals surface area contributed by atoms with Crippen LogP contribution >= 0.6 is 12.6 Å². The lowest BCUT2D eigenvalue weighted by atomic mass is 9.95. The molecule has 31 heavy (non-hydrogen) atoms. The van der Waals surface area contributed by atoms with Crippen LogP contribution in [0.2, 0.25) is 0 Å². The average Bonchev–Trinajstić information content (AvgIpc) is 2.72. The smallest absolute Gasteiger partial charge is 0.326 e. The summed E-state index contributed by atoms with van der Waals surface area (Å²) in [6, 6.07) is -4.68. The van der Waals surface area contributed by atoms with Crippen LogP contribution < -0.4 is 21.7 Å². The molecule has 0 aromatic carbocycles. The van der Waals surface area contributed by atoms with Crippen LogP contribution in [0.1, 0.15) is 47.0 Å². The molecule has 0 aliphatic rings. The normalized spacial score (nSPS) is 16.7. The Labute approximate surface area is 187 Å².